The number of carbonyl (C=O) groups excluding carboxylic acids is 1. The van der Waals surface area contributed by atoms with Gasteiger partial charge >= 0.3 is 5.97 Å². The number of likely N-dealkylation sites (tertiary alicyclic amines) is 1. The van der Waals surface area contributed by atoms with Crippen molar-refractivity contribution in [3.8, 4) is 6.07 Å². The number of benzene rings is 1. The Labute approximate surface area is 111 Å². The lowest BCUT2D eigenvalue weighted by atomic mass is 9.97. The largest absolute Gasteiger partial charge is 0.481 e. The van der Waals surface area contributed by atoms with Crippen LogP contribution in [0.15, 0.2) is 24.3 Å². The second kappa shape index (κ2) is 5.53. The van der Waals surface area contributed by atoms with E-state index in [1.54, 1.807) is 29.2 Å². The summed E-state index contributed by atoms with van der Waals surface area (Å²) in [6.07, 6.45) is 1.32. The molecule has 5 nitrogen and oxygen atoms in total. The van der Waals surface area contributed by atoms with Gasteiger partial charge in [-0.1, -0.05) is 0 Å². The van der Waals surface area contributed by atoms with Crippen LogP contribution in [-0.2, 0) is 4.79 Å². The quantitative estimate of drug-likeness (QED) is 0.871. The smallest absolute Gasteiger partial charge is 0.308 e. The van der Waals surface area contributed by atoms with E-state index in [0.717, 1.165) is 0 Å². The van der Waals surface area contributed by atoms with Crippen molar-refractivity contribution in [3.63, 3.8) is 0 Å². The summed E-state index contributed by atoms with van der Waals surface area (Å²) in [5.41, 5.74) is 0.989. The fraction of sp³-hybridized carbons (Fsp3) is 0.357. The summed E-state index contributed by atoms with van der Waals surface area (Å²) in [7, 11) is 0. The van der Waals surface area contributed by atoms with Crippen LogP contribution in [0.2, 0.25) is 0 Å². The molecule has 1 aliphatic rings. The third-order valence-corrected chi connectivity index (χ3v) is 3.32. The molecule has 1 aromatic carbocycles. The minimum atomic E-state index is -0.850. The number of amides is 1. The Bertz CT molecular complexity index is 531. The molecule has 19 heavy (non-hydrogen) atoms. The predicted molar refractivity (Wildman–Crippen MR) is 67.4 cm³/mol. The van der Waals surface area contributed by atoms with Crippen LogP contribution in [0.3, 0.4) is 0 Å². The van der Waals surface area contributed by atoms with Gasteiger partial charge in [0, 0.05) is 18.7 Å². The van der Waals surface area contributed by atoms with Crippen LogP contribution in [0.4, 0.5) is 0 Å². The molecule has 0 aliphatic carbocycles. The Morgan fingerprint density at radius 1 is 1.32 bits per heavy atom. The van der Waals surface area contributed by atoms with E-state index in [-0.39, 0.29) is 12.5 Å². The molecule has 1 saturated heterocycles. The first-order valence-corrected chi connectivity index (χ1v) is 6.14. The van der Waals surface area contributed by atoms with Crippen molar-refractivity contribution in [2.75, 3.05) is 13.1 Å². The number of carboxylic acids is 1. The van der Waals surface area contributed by atoms with Crippen molar-refractivity contribution in [1.29, 1.82) is 5.26 Å². The topological polar surface area (TPSA) is 81.4 Å². The van der Waals surface area contributed by atoms with Crippen LogP contribution in [0.1, 0.15) is 28.8 Å². The van der Waals surface area contributed by atoms with Gasteiger partial charge in [0.2, 0.25) is 0 Å². The molecule has 0 radical (unpaired) electrons. The molecule has 1 atom stereocenters. The summed E-state index contributed by atoms with van der Waals surface area (Å²) in [6, 6.07) is 8.38. The van der Waals surface area contributed by atoms with Gasteiger partial charge in [0.1, 0.15) is 0 Å². The van der Waals surface area contributed by atoms with Crippen LogP contribution in [0.25, 0.3) is 0 Å². The van der Waals surface area contributed by atoms with Gasteiger partial charge in [-0.05, 0) is 37.1 Å². The summed E-state index contributed by atoms with van der Waals surface area (Å²) >= 11 is 0. The normalized spacial score (nSPS) is 18.7. The lowest BCUT2D eigenvalue weighted by molar-refractivity contribution is -0.143. The maximum absolute atomic E-state index is 12.2. The Hall–Kier alpha value is -2.35. The van der Waals surface area contributed by atoms with Crippen molar-refractivity contribution in [3.05, 3.63) is 35.4 Å². The number of aliphatic carboxylic acids is 1. The van der Waals surface area contributed by atoms with Gasteiger partial charge in [0.05, 0.1) is 17.6 Å². The van der Waals surface area contributed by atoms with Gasteiger partial charge in [0.25, 0.3) is 5.91 Å². The van der Waals surface area contributed by atoms with Gasteiger partial charge in [-0.25, -0.2) is 0 Å². The second-order valence-electron chi connectivity index (χ2n) is 4.62. The molecule has 5 heteroatoms. The van der Waals surface area contributed by atoms with Crippen LogP contribution >= 0.6 is 0 Å². The SMILES string of the molecule is N#Cc1ccc(C(=O)N2CCCC(C(=O)O)C2)cc1. The van der Waals surface area contributed by atoms with Crippen molar-refractivity contribution < 1.29 is 14.7 Å². The molecule has 1 aromatic rings. The molecule has 0 bridgehead atoms. The van der Waals surface area contributed by atoms with E-state index in [1.165, 1.54) is 0 Å². The number of hydrogen-bond acceptors (Lipinski definition) is 3. The van der Waals surface area contributed by atoms with Crippen LogP contribution in [0.5, 0.6) is 0 Å². The Balaban J connectivity index is 2.10. The monoisotopic (exact) mass is 258 g/mol. The second-order valence-corrected chi connectivity index (χ2v) is 4.62. The Morgan fingerprint density at radius 2 is 2.00 bits per heavy atom. The molecular formula is C14H14N2O3. The summed E-state index contributed by atoms with van der Waals surface area (Å²) in [6.45, 7) is 0.844. The van der Waals surface area contributed by atoms with E-state index in [0.29, 0.717) is 30.5 Å². The first-order chi connectivity index (χ1) is 9.11. The van der Waals surface area contributed by atoms with Crippen molar-refractivity contribution in [1.82, 2.24) is 4.90 Å². The molecule has 0 saturated carbocycles. The molecular weight excluding hydrogens is 244 g/mol. The van der Waals surface area contributed by atoms with E-state index in [1.807, 2.05) is 6.07 Å². The molecule has 0 aromatic heterocycles. The average Bonchev–Trinajstić information content (AvgIpc) is 2.46. The molecule has 2 rings (SSSR count). The summed E-state index contributed by atoms with van der Waals surface area (Å²) in [4.78, 5) is 24.8. The Kier molecular flexibility index (Phi) is 3.81. The van der Waals surface area contributed by atoms with Crippen molar-refractivity contribution >= 4 is 11.9 Å². The van der Waals surface area contributed by atoms with E-state index >= 15 is 0 Å². The number of rotatable bonds is 2. The Morgan fingerprint density at radius 3 is 2.58 bits per heavy atom. The number of nitrogens with zero attached hydrogens (tertiary/aromatic N) is 2. The predicted octanol–water partition coefficient (Wildman–Crippen LogP) is 1.50. The molecule has 1 fully saturated rings. The summed E-state index contributed by atoms with van der Waals surface area (Å²) in [5.74, 6) is -1.50. The van der Waals surface area contributed by atoms with Gasteiger partial charge in [0.15, 0.2) is 0 Å². The van der Waals surface area contributed by atoms with Crippen LogP contribution < -0.4 is 0 Å². The summed E-state index contributed by atoms with van der Waals surface area (Å²) < 4.78 is 0. The first kappa shape index (κ1) is 13.1. The van der Waals surface area contributed by atoms with Crippen molar-refractivity contribution in [2.45, 2.75) is 12.8 Å². The number of piperidine rings is 1. The fourth-order valence-corrected chi connectivity index (χ4v) is 2.23. The highest BCUT2D eigenvalue weighted by molar-refractivity contribution is 5.94. The average molecular weight is 258 g/mol. The highest BCUT2D eigenvalue weighted by atomic mass is 16.4. The number of carbonyl (C=O) groups is 2. The van der Waals surface area contributed by atoms with Crippen LogP contribution in [0, 0.1) is 17.2 Å². The highest BCUT2D eigenvalue weighted by Crippen LogP contribution is 2.19. The zero-order valence-corrected chi connectivity index (χ0v) is 10.4. The maximum Gasteiger partial charge on any atom is 0.308 e. The van der Waals surface area contributed by atoms with Crippen LogP contribution in [-0.4, -0.2) is 35.0 Å². The lowest BCUT2D eigenvalue weighted by Crippen LogP contribution is -2.42. The van der Waals surface area contributed by atoms with Gasteiger partial charge in [-0.15, -0.1) is 0 Å². The molecule has 1 aliphatic heterocycles. The summed E-state index contributed by atoms with van der Waals surface area (Å²) in [5, 5.41) is 17.7. The molecule has 0 spiro atoms. The standard InChI is InChI=1S/C14H14N2O3/c15-8-10-3-5-11(6-4-10)13(17)16-7-1-2-12(9-16)14(18)19/h3-6,12H,1-2,7,9H2,(H,18,19). The number of hydrogen-bond donors (Lipinski definition) is 1. The van der Waals surface area contributed by atoms with E-state index < -0.39 is 11.9 Å². The molecule has 1 N–H and O–H groups in total. The molecule has 1 amide bonds. The molecule has 1 unspecified atom stereocenters. The highest BCUT2D eigenvalue weighted by Gasteiger charge is 2.28. The molecule has 98 valence electrons. The number of carboxylic acid groups (broad SMARTS) is 1. The van der Waals surface area contributed by atoms with Crippen molar-refractivity contribution in [2.24, 2.45) is 5.92 Å². The first-order valence-electron chi connectivity index (χ1n) is 6.14. The fourth-order valence-electron chi connectivity index (χ4n) is 2.23. The maximum atomic E-state index is 12.2. The minimum absolute atomic E-state index is 0.171. The third kappa shape index (κ3) is 2.91. The van der Waals surface area contributed by atoms with E-state index in [2.05, 4.69) is 0 Å². The molecule has 1 heterocycles. The zero-order valence-electron chi connectivity index (χ0n) is 10.4. The van der Waals surface area contributed by atoms with Gasteiger partial charge in [-0.3, -0.25) is 9.59 Å². The minimum Gasteiger partial charge on any atom is -0.481 e. The lowest BCUT2D eigenvalue weighted by Gasteiger charge is -2.30. The van der Waals surface area contributed by atoms with Gasteiger partial charge in [-0.2, -0.15) is 5.26 Å². The van der Waals surface area contributed by atoms with E-state index in [9.17, 15) is 9.59 Å². The van der Waals surface area contributed by atoms with E-state index in [4.69, 9.17) is 10.4 Å². The number of nitriles is 1. The van der Waals surface area contributed by atoms with Gasteiger partial charge < -0.3 is 10.0 Å². The zero-order chi connectivity index (χ0) is 13.8. The third-order valence-electron chi connectivity index (χ3n) is 3.32.